The summed E-state index contributed by atoms with van der Waals surface area (Å²) < 4.78 is 10.8. The summed E-state index contributed by atoms with van der Waals surface area (Å²) in [4.78, 5) is 47.0. The van der Waals surface area contributed by atoms with Crippen LogP contribution in [0, 0.1) is 5.92 Å². The molecule has 2 fully saturated rings. The van der Waals surface area contributed by atoms with Crippen molar-refractivity contribution in [2.45, 2.75) is 51.5 Å². The lowest BCUT2D eigenvalue weighted by Gasteiger charge is -2.29. The molecule has 9 heteroatoms. The van der Waals surface area contributed by atoms with Crippen molar-refractivity contribution in [2.75, 3.05) is 11.7 Å². The molecule has 3 aromatic rings. The Morgan fingerprint density at radius 2 is 1.57 bits per heavy atom. The first-order valence-corrected chi connectivity index (χ1v) is 13.2. The van der Waals surface area contributed by atoms with Crippen molar-refractivity contribution in [3.05, 3.63) is 95.6 Å². The topological polar surface area (TPSA) is 106 Å². The first-order valence-electron chi connectivity index (χ1n) is 13.2. The normalized spacial score (nSPS) is 22.8. The molecule has 5 rings (SSSR count). The zero-order valence-electron chi connectivity index (χ0n) is 22.8. The molecule has 2 saturated heterocycles. The van der Waals surface area contributed by atoms with Crippen LogP contribution >= 0.6 is 0 Å². The number of amides is 2. The van der Waals surface area contributed by atoms with E-state index in [9.17, 15) is 19.5 Å². The fourth-order valence-corrected chi connectivity index (χ4v) is 5.11. The Bertz CT molecular complexity index is 1380. The molecule has 2 aliphatic rings. The number of esters is 1. The molecule has 0 aromatic heterocycles. The van der Waals surface area contributed by atoms with Crippen LogP contribution in [0.3, 0.4) is 0 Å². The van der Waals surface area contributed by atoms with Crippen molar-refractivity contribution < 1.29 is 33.8 Å². The van der Waals surface area contributed by atoms with E-state index in [4.69, 9.17) is 14.3 Å². The summed E-state index contributed by atoms with van der Waals surface area (Å²) in [6, 6.07) is 21.4. The molecule has 0 saturated carbocycles. The molecular weight excluding hydrogens is 512 g/mol. The van der Waals surface area contributed by atoms with Crippen LogP contribution in [0.15, 0.2) is 78.9 Å². The van der Waals surface area contributed by atoms with Gasteiger partial charge < -0.3 is 14.6 Å². The third-order valence-corrected chi connectivity index (χ3v) is 6.95. The molecule has 208 valence electrons. The first-order chi connectivity index (χ1) is 19.0. The fourth-order valence-electron chi connectivity index (χ4n) is 5.11. The summed E-state index contributed by atoms with van der Waals surface area (Å²) in [5, 5.41) is 11.5. The molecule has 0 unspecified atom stereocenters. The molecule has 2 aliphatic heterocycles. The highest BCUT2D eigenvalue weighted by Gasteiger charge is 2.52. The number of hydrogen-bond donors (Lipinski definition) is 1. The molecule has 4 atom stereocenters. The van der Waals surface area contributed by atoms with Crippen molar-refractivity contribution in [1.82, 2.24) is 4.90 Å². The number of phenolic OH excluding ortho intramolecular Hbond substituents is 1. The predicted molar refractivity (Wildman–Crippen MR) is 146 cm³/mol. The number of anilines is 1. The Labute approximate surface area is 232 Å². The summed E-state index contributed by atoms with van der Waals surface area (Å²) in [7, 11) is 0. The maximum absolute atomic E-state index is 14.2. The highest BCUT2D eigenvalue weighted by atomic mass is 16.7. The second-order valence-corrected chi connectivity index (χ2v) is 11.0. The average molecular weight is 545 g/mol. The van der Waals surface area contributed by atoms with Gasteiger partial charge in [0.2, 0.25) is 5.91 Å². The Kier molecular flexibility index (Phi) is 7.25. The Balaban J connectivity index is 1.49. The van der Waals surface area contributed by atoms with Crippen molar-refractivity contribution in [2.24, 2.45) is 5.92 Å². The number of carbonyl (C=O) groups excluding carboxylic acids is 3. The van der Waals surface area contributed by atoms with Gasteiger partial charge in [-0.3, -0.25) is 9.63 Å². The minimum Gasteiger partial charge on any atom is -0.508 e. The number of imide groups is 1. The lowest BCUT2D eigenvalue weighted by atomic mass is 9.88. The summed E-state index contributed by atoms with van der Waals surface area (Å²) >= 11 is 0. The number of hydroxylamine groups is 1. The van der Waals surface area contributed by atoms with Crippen molar-refractivity contribution >= 4 is 23.7 Å². The minimum atomic E-state index is -0.785. The van der Waals surface area contributed by atoms with E-state index in [2.05, 4.69) is 0 Å². The summed E-state index contributed by atoms with van der Waals surface area (Å²) in [5.41, 5.74) is 1.86. The van der Waals surface area contributed by atoms with Gasteiger partial charge in [-0.25, -0.2) is 19.6 Å². The van der Waals surface area contributed by atoms with E-state index in [1.165, 1.54) is 4.90 Å². The smallest absolute Gasteiger partial charge is 0.417 e. The quantitative estimate of drug-likeness (QED) is 0.416. The predicted octanol–water partition coefficient (Wildman–Crippen LogP) is 5.57. The van der Waals surface area contributed by atoms with Crippen LogP contribution in [-0.4, -0.2) is 46.3 Å². The number of hydrogen-bond acceptors (Lipinski definition) is 8. The second-order valence-electron chi connectivity index (χ2n) is 11.0. The van der Waals surface area contributed by atoms with Crippen LogP contribution in [-0.2, 0) is 19.1 Å². The van der Waals surface area contributed by atoms with Gasteiger partial charge >= 0.3 is 12.1 Å². The van der Waals surface area contributed by atoms with Crippen molar-refractivity contribution in [3.8, 4) is 5.75 Å². The SMILES string of the molecule is C[C@H]1ON(c2ccc(C(=O)OC(C)(C)C)cc2)[C@@H](c2ccc(O)cc2)[C@@H]1C(=O)N1C(=O)OC[C@@H]1c1ccccc1. The molecule has 0 bridgehead atoms. The van der Waals surface area contributed by atoms with E-state index in [0.717, 1.165) is 5.56 Å². The maximum atomic E-state index is 14.2. The number of cyclic esters (lactones) is 1. The number of nitrogens with zero attached hydrogens (tertiary/aromatic N) is 2. The largest absolute Gasteiger partial charge is 0.508 e. The molecular formula is C31H32N2O7. The standard InChI is InChI=1S/C31H32N2O7/c1-19-26(28(35)32-25(18-38-30(32)37)20-8-6-5-7-9-20)27(21-12-16-24(34)17-13-21)33(40-19)23-14-10-22(11-15-23)29(36)39-31(2,3)4/h5-17,19,25-27,34H,18H2,1-4H3/t19-,25-,26-,27+/m1/s1. The fraction of sp³-hybridized carbons (Fsp3) is 0.323. The molecule has 1 N–H and O–H groups in total. The Hall–Kier alpha value is -4.37. The molecule has 9 nitrogen and oxygen atoms in total. The average Bonchev–Trinajstić information content (AvgIpc) is 3.48. The van der Waals surface area contributed by atoms with Gasteiger partial charge in [0.1, 0.15) is 24.0 Å². The number of aromatic hydroxyl groups is 1. The summed E-state index contributed by atoms with van der Waals surface area (Å²) in [6.45, 7) is 7.25. The van der Waals surface area contributed by atoms with Crippen LogP contribution in [0.2, 0.25) is 0 Å². The van der Waals surface area contributed by atoms with E-state index in [1.807, 2.05) is 30.3 Å². The third-order valence-electron chi connectivity index (χ3n) is 6.95. The van der Waals surface area contributed by atoms with Crippen LogP contribution in [0.1, 0.15) is 61.3 Å². The van der Waals surface area contributed by atoms with Gasteiger partial charge in [-0.15, -0.1) is 0 Å². The monoisotopic (exact) mass is 544 g/mol. The Morgan fingerprint density at radius 3 is 2.20 bits per heavy atom. The van der Waals surface area contributed by atoms with Crippen LogP contribution < -0.4 is 5.06 Å². The van der Waals surface area contributed by atoms with Gasteiger partial charge in [0.25, 0.3) is 0 Å². The van der Waals surface area contributed by atoms with E-state index in [0.29, 0.717) is 16.8 Å². The van der Waals surface area contributed by atoms with E-state index < -0.39 is 47.7 Å². The van der Waals surface area contributed by atoms with Crippen molar-refractivity contribution in [3.63, 3.8) is 0 Å². The number of ether oxygens (including phenoxy) is 2. The lowest BCUT2D eigenvalue weighted by molar-refractivity contribution is -0.135. The Morgan fingerprint density at radius 1 is 0.925 bits per heavy atom. The number of carbonyl (C=O) groups is 3. The van der Waals surface area contributed by atoms with Crippen LogP contribution in [0.4, 0.5) is 10.5 Å². The van der Waals surface area contributed by atoms with Crippen LogP contribution in [0.25, 0.3) is 0 Å². The molecule has 2 amide bonds. The minimum absolute atomic E-state index is 0.0657. The van der Waals surface area contributed by atoms with E-state index >= 15 is 0 Å². The highest BCUT2D eigenvalue weighted by Crippen LogP contribution is 2.45. The van der Waals surface area contributed by atoms with Crippen molar-refractivity contribution in [1.29, 1.82) is 0 Å². The van der Waals surface area contributed by atoms with Gasteiger partial charge in [0.15, 0.2) is 0 Å². The van der Waals surface area contributed by atoms with Gasteiger partial charge in [-0.2, -0.15) is 0 Å². The zero-order valence-corrected chi connectivity index (χ0v) is 22.8. The highest BCUT2D eigenvalue weighted by molar-refractivity contribution is 5.96. The molecule has 3 aromatic carbocycles. The van der Waals surface area contributed by atoms with Crippen LogP contribution in [0.5, 0.6) is 5.75 Å². The molecule has 40 heavy (non-hydrogen) atoms. The van der Waals surface area contributed by atoms with Gasteiger partial charge in [0, 0.05) is 0 Å². The number of benzene rings is 3. The van der Waals surface area contributed by atoms with E-state index in [-0.39, 0.29) is 12.4 Å². The van der Waals surface area contributed by atoms with E-state index in [1.54, 1.807) is 81.3 Å². The maximum Gasteiger partial charge on any atom is 0.417 e. The van der Waals surface area contributed by atoms with Gasteiger partial charge in [0.05, 0.1) is 29.3 Å². The summed E-state index contributed by atoms with van der Waals surface area (Å²) in [5.74, 6) is -1.57. The molecule has 0 radical (unpaired) electrons. The summed E-state index contributed by atoms with van der Waals surface area (Å²) in [6.07, 6.45) is -1.31. The zero-order chi connectivity index (χ0) is 28.6. The number of phenols is 1. The molecule has 0 spiro atoms. The first kappa shape index (κ1) is 27.2. The molecule has 0 aliphatic carbocycles. The molecule has 2 heterocycles. The van der Waals surface area contributed by atoms with Gasteiger partial charge in [-0.05, 0) is 75.2 Å². The van der Waals surface area contributed by atoms with Gasteiger partial charge in [-0.1, -0.05) is 42.5 Å². The third kappa shape index (κ3) is 5.37. The second kappa shape index (κ2) is 10.7. The number of rotatable bonds is 5. The lowest BCUT2D eigenvalue weighted by Crippen LogP contribution is -2.43.